The van der Waals surface area contributed by atoms with Crippen LogP contribution in [0, 0.1) is 0 Å². The molecule has 2 aliphatic rings. The molecule has 0 bridgehead atoms. The van der Waals surface area contributed by atoms with E-state index in [4.69, 9.17) is 4.42 Å². The van der Waals surface area contributed by atoms with Gasteiger partial charge in [-0.05, 0) is 37.1 Å². The number of fused-ring (bicyclic) bond motifs is 1. The Bertz CT molecular complexity index is 866. The maximum absolute atomic E-state index is 12.5. The number of carbonyl (C=O) groups excluding carboxylic acids is 3. The summed E-state index contributed by atoms with van der Waals surface area (Å²) >= 11 is 0. The molecule has 1 aromatic carbocycles. The molecule has 0 aliphatic carbocycles. The lowest BCUT2D eigenvalue weighted by atomic mass is 10.1. The van der Waals surface area contributed by atoms with E-state index in [1.54, 1.807) is 30.5 Å². The average molecular weight is 409 g/mol. The standard InChI is InChI=1S/C23H27N3O4/c27-21(25-14-12-24(13-15-25)17-18-7-6-16-30-18)10-2-1-5-11-26-22(28)19-8-3-4-9-20(19)23(26)29/h3-4,6-9,16H,1-2,5,10-15,17H2. The second-order valence-electron chi connectivity index (χ2n) is 7.85. The second kappa shape index (κ2) is 9.26. The largest absolute Gasteiger partial charge is 0.468 e. The normalized spacial score (nSPS) is 16.9. The monoisotopic (exact) mass is 409 g/mol. The lowest BCUT2D eigenvalue weighted by Gasteiger charge is -2.34. The maximum atomic E-state index is 12.5. The Labute approximate surface area is 176 Å². The van der Waals surface area contributed by atoms with E-state index >= 15 is 0 Å². The highest BCUT2D eigenvalue weighted by Crippen LogP contribution is 2.23. The SMILES string of the molecule is O=C(CCCCCN1C(=O)c2ccccc2C1=O)N1CCN(Cc2ccco2)CC1. The molecule has 3 heterocycles. The topological polar surface area (TPSA) is 74.1 Å². The number of unbranched alkanes of at least 4 members (excludes halogenated alkanes) is 2. The number of hydrogen-bond acceptors (Lipinski definition) is 5. The van der Waals surface area contributed by atoms with Gasteiger partial charge in [0.25, 0.3) is 11.8 Å². The van der Waals surface area contributed by atoms with Gasteiger partial charge in [-0.25, -0.2) is 0 Å². The minimum atomic E-state index is -0.209. The van der Waals surface area contributed by atoms with Crippen molar-refractivity contribution in [2.24, 2.45) is 0 Å². The molecule has 0 atom stereocenters. The Morgan fingerprint density at radius 3 is 2.20 bits per heavy atom. The van der Waals surface area contributed by atoms with Crippen LogP contribution in [0.5, 0.6) is 0 Å². The number of piperazine rings is 1. The van der Waals surface area contributed by atoms with Crippen LogP contribution in [0.25, 0.3) is 0 Å². The maximum Gasteiger partial charge on any atom is 0.261 e. The molecule has 1 saturated heterocycles. The molecule has 0 unspecified atom stereocenters. The highest BCUT2D eigenvalue weighted by Gasteiger charge is 2.34. The van der Waals surface area contributed by atoms with Crippen LogP contribution in [-0.4, -0.2) is 65.1 Å². The third-order valence-electron chi connectivity index (χ3n) is 5.84. The van der Waals surface area contributed by atoms with Gasteiger partial charge in [-0.2, -0.15) is 0 Å². The summed E-state index contributed by atoms with van der Waals surface area (Å²) in [6.07, 6.45) is 4.51. The van der Waals surface area contributed by atoms with Crippen molar-refractivity contribution in [3.8, 4) is 0 Å². The summed E-state index contributed by atoms with van der Waals surface area (Å²) in [4.78, 5) is 42.7. The molecular formula is C23H27N3O4. The first-order valence-electron chi connectivity index (χ1n) is 10.6. The van der Waals surface area contributed by atoms with Crippen molar-refractivity contribution >= 4 is 17.7 Å². The van der Waals surface area contributed by atoms with E-state index in [2.05, 4.69) is 4.90 Å². The highest BCUT2D eigenvalue weighted by molar-refractivity contribution is 6.21. The van der Waals surface area contributed by atoms with Gasteiger partial charge in [-0.15, -0.1) is 0 Å². The number of imide groups is 1. The lowest BCUT2D eigenvalue weighted by Crippen LogP contribution is -2.48. The number of hydrogen-bond donors (Lipinski definition) is 0. The molecule has 30 heavy (non-hydrogen) atoms. The number of furan rings is 1. The molecule has 0 spiro atoms. The predicted molar refractivity (Wildman–Crippen MR) is 111 cm³/mol. The fraction of sp³-hybridized carbons (Fsp3) is 0.435. The first kappa shape index (κ1) is 20.3. The molecule has 7 nitrogen and oxygen atoms in total. The average Bonchev–Trinajstić information content (AvgIpc) is 3.36. The Kier molecular flexibility index (Phi) is 6.28. The Hall–Kier alpha value is -2.93. The minimum Gasteiger partial charge on any atom is -0.468 e. The molecular weight excluding hydrogens is 382 g/mol. The fourth-order valence-corrected chi connectivity index (χ4v) is 4.10. The summed E-state index contributed by atoms with van der Waals surface area (Å²) in [6.45, 7) is 4.39. The molecule has 2 aliphatic heterocycles. The van der Waals surface area contributed by atoms with Gasteiger partial charge >= 0.3 is 0 Å². The van der Waals surface area contributed by atoms with Crippen molar-refractivity contribution in [2.45, 2.75) is 32.2 Å². The summed E-state index contributed by atoms with van der Waals surface area (Å²) in [6, 6.07) is 10.8. The zero-order valence-corrected chi connectivity index (χ0v) is 17.1. The van der Waals surface area contributed by atoms with Crippen LogP contribution >= 0.6 is 0 Å². The van der Waals surface area contributed by atoms with Crippen LogP contribution in [0.4, 0.5) is 0 Å². The van der Waals surface area contributed by atoms with Crippen LogP contribution in [0.1, 0.15) is 52.2 Å². The molecule has 3 amide bonds. The Morgan fingerprint density at radius 2 is 1.57 bits per heavy atom. The van der Waals surface area contributed by atoms with E-state index in [1.807, 2.05) is 17.0 Å². The summed E-state index contributed by atoms with van der Waals surface area (Å²) in [7, 11) is 0. The smallest absolute Gasteiger partial charge is 0.261 e. The molecule has 7 heteroatoms. The van der Waals surface area contributed by atoms with Gasteiger partial charge < -0.3 is 9.32 Å². The summed E-state index contributed by atoms with van der Waals surface area (Å²) in [5.41, 5.74) is 0.979. The van der Waals surface area contributed by atoms with Gasteiger partial charge in [-0.1, -0.05) is 18.6 Å². The van der Waals surface area contributed by atoms with E-state index in [1.165, 1.54) is 4.90 Å². The van der Waals surface area contributed by atoms with Crippen molar-refractivity contribution in [1.29, 1.82) is 0 Å². The number of amides is 3. The third kappa shape index (κ3) is 4.46. The zero-order chi connectivity index (χ0) is 20.9. The number of rotatable bonds is 8. The molecule has 1 fully saturated rings. The van der Waals surface area contributed by atoms with Gasteiger partial charge in [0.05, 0.1) is 23.9 Å². The second-order valence-corrected chi connectivity index (χ2v) is 7.85. The van der Waals surface area contributed by atoms with Crippen LogP contribution < -0.4 is 0 Å². The summed E-state index contributed by atoms with van der Waals surface area (Å²) in [5, 5.41) is 0. The van der Waals surface area contributed by atoms with E-state index in [-0.39, 0.29) is 17.7 Å². The number of nitrogens with zero attached hydrogens (tertiary/aromatic N) is 3. The predicted octanol–water partition coefficient (Wildman–Crippen LogP) is 2.78. The van der Waals surface area contributed by atoms with Crippen LogP contribution in [0.15, 0.2) is 47.1 Å². The zero-order valence-electron chi connectivity index (χ0n) is 17.1. The van der Waals surface area contributed by atoms with E-state index in [0.717, 1.165) is 57.7 Å². The Morgan fingerprint density at radius 1 is 0.867 bits per heavy atom. The highest BCUT2D eigenvalue weighted by atomic mass is 16.3. The van der Waals surface area contributed by atoms with Gasteiger partial charge in [0.15, 0.2) is 0 Å². The van der Waals surface area contributed by atoms with Crippen molar-refractivity contribution in [1.82, 2.24) is 14.7 Å². The summed E-state index contributed by atoms with van der Waals surface area (Å²) < 4.78 is 5.39. The van der Waals surface area contributed by atoms with Gasteiger partial charge in [0, 0.05) is 39.1 Å². The van der Waals surface area contributed by atoms with Crippen molar-refractivity contribution in [3.63, 3.8) is 0 Å². The number of benzene rings is 1. The van der Waals surface area contributed by atoms with Gasteiger partial charge in [0.1, 0.15) is 5.76 Å². The summed E-state index contributed by atoms with van der Waals surface area (Å²) in [5.74, 6) is 0.722. The van der Waals surface area contributed by atoms with Crippen molar-refractivity contribution < 1.29 is 18.8 Å². The van der Waals surface area contributed by atoms with Crippen molar-refractivity contribution in [2.75, 3.05) is 32.7 Å². The molecule has 0 radical (unpaired) electrons. The van der Waals surface area contributed by atoms with Gasteiger partial charge in [-0.3, -0.25) is 24.2 Å². The van der Waals surface area contributed by atoms with Crippen LogP contribution in [0.2, 0.25) is 0 Å². The first-order valence-corrected chi connectivity index (χ1v) is 10.6. The molecule has 0 saturated carbocycles. The van der Waals surface area contributed by atoms with Crippen LogP contribution in [-0.2, 0) is 11.3 Å². The first-order chi connectivity index (χ1) is 14.6. The number of carbonyl (C=O) groups is 3. The van der Waals surface area contributed by atoms with Crippen LogP contribution in [0.3, 0.4) is 0 Å². The minimum absolute atomic E-state index is 0.188. The fourth-order valence-electron chi connectivity index (χ4n) is 4.10. The molecule has 158 valence electrons. The molecule has 0 N–H and O–H groups in total. The quantitative estimate of drug-likeness (QED) is 0.495. The molecule has 4 rings (SSSR count). The molecule has 2 aromatic rings. The van der Waals surface area contributed by atoms with E-state index in [0.29, 0.717) is 24.1 Å². The lowest BCUT2D eigenvalue weighted by molar-refractivity contribution is -0.133. The van der Waals surface area contributed by atoms with E-state index in [9.17, 15) is 14.4 Å². The molecule has 1 aromatic heterocycles. The van der Waals surface area contributed by atoms with Crippen molar-refractivity contribution in [3.05, 3.63) is 59.5 Å². The van der Waals surface area contributed by atoms with Gasteiger partial charge in [0.2, 0.25) is 5.91 Å². The third-order valence-corrected chi connectivity index (χ3v) is 5.84. The van der Waals surface area contributed by atoms with E-state index < -0.39 is 0 Å². The Balaban J connectivity index is 1.13.